The van der Waals surface area contributed by atoms with Gasteiger partial charge in [-0.05, 0) is 48.7 Å². The molecule has 3 rings (SSSR count). The van der Waals surface area contributed by atoms with Crippen LogP contribution >= 0.6 is 23.2 Å². The van der Waals surface area contributed by atoms with Crippen molar-refractivity contribution in [2.75, 3.05) is 20.2 Å². The van der Waals surface area contributed by atoms with E-state index in [-0.39, 0.29) is 5.75 Å². The Morgan fingerprint density at radius 1 is 1.33 bits per heavy atom. The summed E-state index contributed by atoms with van der Waals surface area (Å²) in [5, 5.41) is 10.2. The van der Waals surface area contributed by atoms with Gasteiger partial charge in [-0.25, -0.2) is 4.39 Å². The number of piperidine rings is 1. The van der Waals surface area contributed by atoms with E-state index in [0.29, 0.717) is 35.1 Å². The van der Waals surface area contributed by atoms with Crippen LogP contribution in [0.15, 0.2) is 36.4 Å². The maximum Gasteiger partial charge on any atom is 0.307 e. The van der Waals surface area contributed by atoms with Crippen LogP contribution in [0.3, 0.4) is 0 Å². The maximum atomic E-state index is 14.4. The number of hydrogen-bond donors (Lipinski definition) is 1. The number of carboxylic acids is 1. The van der Waals surface area contributed by atoms with Crippen molar-refractivity contribution in [1.82, 2.24) is 4.90 Å². The van der Waals surface area contributed by atoms with Gasteiger partial charge in [-0.15, -0.1) is 0 Å². The molecule has 2 unspecified atom stereocenters. The molecule has 1 fully saturated rings. The number of methoxy groups -OCH3 is 1. The number of benzene rings is 2. The second-order valence-corrected chi connectivity index (χ2v) is 7.40. The van der Waals surface area contributed by atoms with Crippen molar-refractivity contribution in [3.8, 4) is 5.75 Å². The van der Waals surface area contributed by atoms with Gasteiger partial charge in [-0.1, -0.05) is 41.4 Å². The van der Waals surface area contributed by atoms with Crippen molar-refractivity contribution in [2.24, 2.45) is 5.92 Å². The Bertz CT molecular complexity index is 846. The van der Waals surface area contributed by atoms with Gasteiger partial charge in [0.15, 0.2) is 11.6 Å². The largest absolute Gasteiger partial charge is 0.494 e. The van der Waals surface area contributed by atoms with E-state index >= 15 is 0 Å². The molecule has 2 aromatic rings. The smallest absolute Gasteiger partial charge is 0.307 e. The van der Waals surface area contributed by atoms with Gasteiger partial charge in [-0.2, -0.15) is 0 Å². The lowest BCUT2D eigenvalue weighted by Gasteiger charge is -2.38. The lowest BCUT2D eigenvalue weighted by molar-refractivity contribution is -0.143. The Kier molecular flexibility index (Phi) is 6.25. The first kappa shape index (κ1) is 19.9. The predicted octanol–water partition coefficient (Wildman–Crippen LogP) is 5.03. The van der Waals surface area contributed by atoms with E-state index in [0.717, 1.165) is 12.0 Å². The van der Waals surface area contributed by atoms with E-state index in [4.69, 9.17) is 27.9 Å². The summed E-state index contributed by atoms with van der Waals surface area (Å²) in [6.07, 6.45) is 1.36. The standard InChI is InChI=1S/C20H20Cl2FNO3/c1-27-17-8-7-12(10-16(17)23)19(14-5-2-6-15(21)18(14)22)24-9-3-4-13(11-24)20(25)26/h2,5-8,10,13,19H,3-4,9,11H2,1H3,(H,25,26). The number of likely N-dealkylation sites (tertiary alicyclic amines) is 1. The quantitative estimate of drug-likeness (QED) is 0.749. The zero-order chi connectivity index (χ0) is 19.6. The fraction of sp³-hybridized carbons (Fsp3) is 0.350. The van der Waals surface area contributed by atoms with E-state index in [2.05, 4.69) is 0 Å². The molecule has 2 aromatic carbocycles. The zero-order valence-electron chi connectivity index (χ0n) is 14.8. The van der Waals surface area contributed by atoms with Crippen molar-refractivity contribution in [1.29, 1.82) is 0 Å². The third-order valence-electron chi connectivity index (χ3n) is 4.93. The van der Waals surface area contributed by atoms with Crippen LogP contribution in [0.25, 0.3) is 0 Å². The molecule has 0 amide bonds. The fourth-order valence-electron chi connectivity index (χ4n) is 3.61. The summed E-state index contributed by atoms with van der Waals surface area (Å²) in [6, 6.07) is 9.66. The Morgan fingerprint density at radius 2 is 2.11 bits per heavy atom. The highest BCUT2D eigenvalue weighted by Gasteiger charge is 2.32. The molecule has 0 aromatic heterocycles. The van der Waals surface area contributed by atoms with Crippen molar-refractivity contribution >= 4 is 29.2 Å². The number of carbonyl (C=O) groups is 1. The molecular formula is C20H20Cl2FNO3. The summed E-state index contributed by atoms with van der Waals surface area (Å²) >= 11 is 12.7. The molecule has 0 saturated carbocycles. The van der Waals surface area contributed by atoms with Crippen LogP contribution in [0.1, 0.15) is 30.0 Å². The molecule has 27 heavy (non-hydrogen) atoms. The first-order chi connectivity index (χ1) is 12.9. The van der Waals surface area contributed by atoms with Crippen LogP contribution in [-0.4, -0.2) is 36.2 Å². The Morgan fingerprint density at radius 3 is 2.78 bits per heavy atom. The molecule has 1 aliphatic heterocycles. The molecule has 1 aliphatic rings. The second kappa shape index (κ2) is 8.46. The number of rotatable bonds is 5. The third-order valence-corrected chi connectivity index (χ3v) is 5.77. The normalized spacial score (nSPS) is 18.9. The highest BCUT2D eigenvalue weighted by Crippen LogP contribution is 2.39. The second-order valence-electron chi connectivity index (χ2n) is 6.61. The van der Waals surface area contributed by atoms with Gasteiger partial charge >= 0.3 is 5.97 Å². The number of hydrogen-bond acceptors (Lipinski definition) is 3. The van der Waals surface area contributed by atoms with Gasteiger partial charge in [0.2, 0.25) is 0 Å². The molecule has 1 N–H and O–H groups in total. The van der Waals surface area contributed by atoms with Gasteiger partial charge < -0.3 is 9.84 Å². The van der Waals surface area contributed by atoms with E-state index in [1.165, 1.54) is 13.2 Å². The number of halogens is 3. The molecule has 0 bridgehead atoms. The van der Waals surface area contributed by atoms with Crippen LogP contribution in [-0.2, 0) is 4.79 Å². The summed E-state index contributed by atoms with van der Waals surface area (Å²) in [4.78, 5) is 13.5. The fourth-order valence-corrected chi connectivity index (χ4v) is 4.03. The Labute approximate surface area is 167 Å². The molecule has 4 nitrogen and oxygen atoms in total. The lowest BCUT2D eigenvalue weighted by atomic mass is 9.91. The van der Waals surface area contributed by atoms with Gasteiger partial charge in [-0.3, -0.25) is 9.69 Å². The molecule has 0 radical (unpaired) electrons. The summed E-state index contributed by atoms with van der Waals surface area (Å²) in [5.74, 6) is -1.62. The average Bonchev–Trinajstić information content (AvgIpc) is 2.66. The van der Waals surface area contributed by atoms with Crippen molar-refractivity contribution in [2.45, 2.75) is 18.9 Å². The van der Waals surface area contributed by atoms with Crippen LogP contribution in [0.5, 0.6) is 5.75 Å². The highest BCUT2D eigenvalue weighted by molar-refractivity contribution is 6.42. The molecule has 0 aliphatic carbocycles. The Hall–Kier alpha value is -1.82. The topological polar surface area (TPSA) is 49.8 Å². The molecule has 144 valence electrons. The lowest BCUT2D eigenvalue weighted by Crippen LogP contribution is -2.41. The third kappa shape index (κ3) is 4.21. The van der Waals surface area contributed by atoms with E-state index in [9.17, 15) is 14.3 Å². The van der Waals surface area contributed by atoms with Gasteiger partial charge in [0.05, 0.1) is 29.1 Å². The van der Waals surface area contributed by atoms with Crippen molar-refractivity contribution < 1.29 is 19.0 Å². The van der Waals surface area contributed by atoms with Gasteiger partial charge in [0.25, 0.3) is 0 Å². The van der Waals surface area contributed by atoms with Crippen LogP contribution < -0.4 is 4.74 Å². The summed E-state index contributed by atoms with van der Waals surface area (Å²) < 4.78 is 19.4. The zero-order valence-corrected chi connectivity index (χ0v) is 16.3. The monoisotopic (exact) mass is 411 g/mol. The number of carboxylic acid groups (broad SMARTS) is 1. The molecule has 1 heterocycles. The minimum atomic E-state index is -0.823. The molecule has 0 spiro atoms. The minimum absolute atomic E-state index is 0.150. The summed E-state index contributed by atoms with van der Waals surface area (Å²) in [6.45, 7) is 1.04. The Balaban J connectivity index is 2.08. The number of nitrogens with zero attached hydrogens (tertiary/aromatic N) is 1. The molecule has 1 saturated heterocycles. The van der Waals surface area contributed by atoms with Gasteiger partial charge in [0.1, 0.15) is 0 Å². The molecule has 7 heteroatoms. The van der Waals surface area contributed by atoms with Crippen LogP contribution in [0.4, 0.5) is 4.39 Å². The predicted molar refractivity (Wildman–Crippen MR) is 103 cm³/mol. The first-order valence-electron chi connectivity index (χ1n) is 8.66. The summed E-state index contributed by atoms with van der Waals surface area (Å²) in [5.41, 5.74) is 1.39. The molecule has 2 atom stereocenters. The van der Waals surface area contributed by atoms with E-state index < -0.39 is 23.7 Å². The van der Waals surface area contributed by atoms with E-state index in [1.807, 2.05) is 11.0 Å². The number of ether oxygens (including phenoxy) is 1. The van der Waals surface area contributed by atoms with Crippen molar-refractivity contribution in [3.05, 3.63) is 63.4 Å². The van der Waals surface area contributed by atoms with Crippen LogP contribution in [0.2, 0.25) is 10.0 Å². The SMILES string of the molecule is COc1ccc(C(c2cccc(Cl)c2Cl)N2CCCC(C(=O)O)C2)cc1F. The van der Waals surface area contributed by atoms with Crippen LogP contribution in [0, 0.1) is 11.7 Å². The van der Waals surface area contributed by atoms with Crippen molar-refractivity contribution in [3.63, 3.8) is 0 Å². The first-order valence-corrected chi connectivity index (χ1v) is 9.42. The summed E-state index contributed by atoms with van der Waals surface area (Å²) in [7, 11) is 1.41. The highest BCUT2D eigenvalue weighted by atomic mass is 35.5. The van der Waals surface area contributed by atoms with Gasteiger partial charge in [0, 0.05) is 6.54 Å². The maximum absolute atomic E-state index is 14.4. The minimum Gasteiger partial charge on any atom is -0.494 e. The average molecular weight is 412 g/mol. The number of aliphatic carboxylic acids is 1. The van der Waals surface area contributed by atoms with E-state index in [1.54, 1.807) is 24.3 Å². The molecular weight excluding hydrogens is 392 g/mol.